The fourth-order valence-electron chi connectivity index (χ4n) is 11.4. The number of phenols is 21. The van der Waals surface area contributed by atoms with Crippen molar-refractivity contribution in [1.82, 2.24) is 0 Å². The Morgan fingerprint density at radius 2 is 0.824 bits per heavy atom. The van der Waals surface area contributed by atoms with E-state index >= 15 is 0 Å². The number of benzene rings is 10. The highest BCUT2D eigenvalue weighted by molar-refractivity contribution is 5.93. The first-order valence-corrected chi connectivity index (χ1v) is 31.2. The van der Waals surface area contributed by atoms with E-state index in [9.17, 15) is 132 Å². The van der Waals surface area contributed by atoms with Gasteiger partial charge in [0.05, 0.1) is 23.8 Å². The standard InChI is InChI=1S/C22H18O11.C22H18O10.C16H12O6.C15H10O6/c23-10-5-12(24)11-7-18(33-22(31)9-3-15(27)20(30)16(28)4-9)21(32-17(11)6-10)8-1-13(25)19(29)14(26)2-8;23-11-6-14(25)12-8-19(32-22(30)10-4-16(27)20(29)17(28)5-10)21(31-18(12)7-11)9-1-2-13(24)15(26)3-9;1-21-13-3-2-8(4-10(13)18)14-7-12(20)16-11(19)5-9(17)6-15(16)22-14;16-7-5-10(18)12-11(6-7)21-15(14(20)13(12)19)8-3-1-2-4-9(8)17/h1-6,18,21,23-30H,7H2;1-7,19,21,23-29H,8H2;2-7,17-19H,1H3;1-6,16-18,20H/t18-,21-;19-,21-;;/m11../s1. The highest BCUT2D eigenvalue weighted by Gasteiger charge is 2.39. The molecule has 14 rings (SSSR count). The molecule has 0 aliphatic carbocycles. The molecule has 108 heavy (non-hydrogen) atoms. The Balaban J connectivity index is 0.000000146. The van der Waals surface area contributed by atoms with E-state index in [-0.39, 0.29) is 149 Å². The second-order valence-corrected chi connectivity index (χ2v) is 23.8. The molecule has 0 saturated heterocycles. The highest BCUT2D eigenvalue weighted by atomic mass is 16.6. The number of para-hydroxylation sites is 1. The second-order valence-electron chi connectivity index (χ2n) is 23.8. The summed E-state index contributed by atoms with van der Waals surface area (Å²) in [6, 6.07) is 30.4. The molecule has 0 radical (unpaired) electrons. The van der Waals surface area contributed by atoms with Crippen LogP contribution in [0.25, 0.3) is 44.6 Å². The number of carbonyl (C=O) groups excluding carboxylic acids is 2. The van der Waals surface area contributed by atoms with E-state index in [1.54, 1.807) is 18.2 Å². The second kappa shape index (κ2) is 29.5. The minimum atomic E-state index is -1.18. The van der Waals surface area contributed by atoms with Crippen molar-refractivity contribution in [2.75, 3.05) is 7.11 Å². The smallest absolute Gasteiger partial charge is 0.338 e. The quantitative estimate of drug-likeness (QED) is 0.0472. The van der Waals surface area contributed by atoms with E-state index < -0.39 is 116 Å². The maximum atomic E-state index is 12.7. The molecule has 4 atom stereocenters. The van der Waals surface area contributed by atoms with Gasteiger partial charge >= 0.3 is 11.9 Å². The maximum absolute atomic E-state index is 12.7. The molecule has 4 heterocycles. The average molecular weight is 1490 g/mol. The molecule has 33 heteroatoms. The number of esters is 2. The van der Waals surface area contributed by atoms with Crippen molar-refractivity contribution in [3.05, 3.63) is 205 Å². The molecule has 0 fully saturated rings. The molecule has 0 bridgehead atoms. The molecule has 33 nitrogen and oxygen atoms in total. The Hall–Kier alpha value is -15.4. The number of phenolic OH excluding ortho intramolecular Hbond substituents is 21. The van der Waals surface area contributed by atoms with Gasteiger partial charge in [-0.15, -0.1) is 0 Å². The van der Waals surface area contributed by atoms with Crippen LogP contribution in [0.1, 0.15) is 55.2 Å². The molecule has 0 spiro atoms. The Bertz CT molecular complexity index is 5640. The minimum absolute atomic E-state index is 0.0146. The molecule has 0 saturated carbocycles. The predicted octanol–water partition coefficient (Wildman–Crippen LogP) is 9.63. The van der Waals surface area contributed by atoms with Gasteiger partial charge in [0.25, 0.3) is 0 Å². The first kappa shape index (κ1) is 73.8. The van der Waals surface area contributed by atoms with E-state index in [0.29, 0.717) is 16.9 Å². The van der Waals surface area contributed by atoms with Crippen LogP contribution in [0.2, 0.25) is 0 Å². The molecule has 10 aromatic carbocycles. The molecule has 22 N–H and O–H groups in total. The van der Waals surface area contributed by atoms with Crippen molar-refractivity contribution >= 4 is 33.9 Å². The van der Waals surface area contributed by atoms with Gasteiger partial charge in [-0.05, 0) is 78.9 Å². The Kier molecular flexibility index (Phi) is 20.1. The lowest BCUT2D eigenvalue weighted by atomic mass is 9.93. The summed E-state index contributed by atoms with van der Waals surface area (Å²) in [7, 11) is 1.43. The molecule has 2 aliphatic heterocycles. The van der Waals surface area contributed by atoms with Gasteiger partial charge in [0.15, 0.2) is 98.1 Å². The lowest BCUT2D eigenvalue weighted by molar-refractivity contribution is -0.0192. The lowest BCUT2D eigenvalue weighted by Gasteiger charge is -2.34. The van der Waals surface area contributed by atoms with Crippen LogP contribution in [0.4, 0.5) is 0 Å². The number of ether oxygens (including phenoxy) is 5. The number of rotatable bonds is 9. The zero-order chi connectivity index (χ0) is 78.2. The SMILES string of the molecule is COc1ccc(-c2cc(=O)c3c(O)cc(O)cc3o2)cc1O.O=C(O[C@@H]1Cc2c(O)cc(O)cc2O[C@@H]1c1cc(O)c(O)c(O)c1)c1cc(O)c(O)c(O)c1.O=C(O[C@@H]1Cc2c(O)cc(O)cc2O[C@@H]1c1ccc(O)c(O)c1)c1cc(O)c(O)c(O)c1.O=c1c(O)c(-c2ccccc2O)oc2cc(O)cc(O)c12. The van der Waals surface area contributed by atoms with E-state index in [2.05, 4.69) is 0 Å². The fourth-order valence-corrected chi connectivity index (χ4v) is 11.4. The van der Waals surface area contributed by atoms with Crippen LogP contribution in [-0.2, 0) is 22.3 Å². The molecular formula is C75H58O33. The number of fused-ring (bicyclic) bond motifs is 4. The molecule has 2 aromatic heterocycles. The molecule has 0 amide bonds. The third-order valence-electron chi connectivity index (χ3n) is 16.6. The number of aromatic hydroxyl groups is 22. The van der Waals surface area contributed by atoms with Gasteiger partial charge in [0.1, 0.15) is 103 Å². The summed E-state index contributed by atoms with van der Waals surface area (Å²) < 4.78 is 38.5. The molecule has 556 valence electrons. The third-order valence-corrected chi connectivity index (χ3v) is 16.6. The fraction of sp³-hybridized carbons (Fsp3) is 0.0933. The zero-order valence-electron chi connectivity index (χ0n) is 55.0. The predicted molar refractivity (Wildman–Crippen MR) is 370 cm³/mol. The molecule has 2 aliphatic rings. The largest absolute Gasteiger partial charge is 0.508 e. The topological polar surface area (TPSA) is 586 Å². The summed E-state index contributed by atoms with van der Waals surface area (Å²) in [6.07, 6.45) is -4.61. The van der Waals surface area contributed by atoms with Gasteiger partial charge in [-0.1, -0.05) is 18.2 Å². The van der Waals surface area contributed by atoms with Gasteiger partial charge in [-0.2, -0.15) is 0 Å². The first-order chi connectivity index (χ1) is 51.2. The van der Waals surface area contributed by atoms with Crippen molar-refractivity contribution in [3.8, 4) is 166 Å². The highest BCUT2D eigenvalue weighted by Crippen LogP contribution is 2.49. The Labute approximate surface area is 602 Å². The number of hydrogen-bond donors (Lipinski definition) is 22. The van der Waals surface area contributed by atoms with Gasteiger partial charge in [-0.25, -0.2) is 9.59 Å². The lowest BCUT2D eigenvalue weighted by Crippen LogP contribution is -2.34. The van der Waals surface area contributed by atoms with E-state index in [1.165, 1.54) is 73.8 Å². The average Bonchev–Trinajstić information content (AvgIpc) is 0.781. The Morgan fingerprint density at radius 3 is 1.31 bits per heavy atom. The van der Waals surface area contributed by atoms with E-state index in [0.717, 1.165) is 66.7 Å². The summed E-state index contributed by atoms with van der Waals surface area (Å²) in [6.45, 7) is 0. The van der Waals surface area contributed by atoms with Gasteiger partial charge in [0, 0.05) is 95.3 Å². The van der Waals surface area contributed by atoms with Crippen molar-refractivity contribution in [1.29, 1.82) is 0 Å². The van der Waals surface area contributed by atoms with Crippen LogP contribution in [-0.4, -0.2) is 144 Å². The normalized spacial score (nSPS) is 14.6. The van der Waals surface area contributed by atoms with Crippen LogP contribution < -0.4 is 25.1 Å². The van der Waals surface area contributed by atoms with E-state index in [4.69, 9.17) is 32.5 Å². The molecular weight excluding hydrogens is 1430 g/mol. The van der Waals surface area contributed by atoms with Crippen molar-refractivity contribution in [2.45, 2.75) is 37.3 Å². The minimum Gasteiger partial charge on any atom is -0.508 e. The van der Waals surface area contributed by atoms with Crippen molar-refractivity contribution < 1.29 is 154 Å². The van der Waals surface area contributed by atoms with E-state index in [1.807, 2.05) is 0 Å². The summed E-state index contributed by atoms with van der Waals surface area (Å²) in [5.74, 6) is -12.6. The number of methoxy groups -OCH3 is 1. The van der Waals surface area contributed by atoms with Gasteiger partial charge < -0.3 is 145 Å². The number of carbonyl (C=O) groups is 2. The van der Waals surface area contributed by atoms with Crippen LogP contribution in [0.5, 0.6) is 144 Å². The van der Waals surface area contributed by atoms with Crippen LogP contribution >= 0.6 is 0 Å². The van der Waals surface area contributed by atoms with Crippen LogP contribution in [0.3, 0.4) is 0 Å². The Morgan fingerprint density at radius 1 is 0.380 bits per heavy atom. The summed E-state index contributed by atoms with van der Waals surface area (Å²) >= 11 is 0. The van der Waals surface area contributed by atoms with Crippen molar-refractivity contribution in [3.63, 3.8) is 0 Å². The zero-order valence-corrected chi connectivity index (χ0v) is 55.0. The van der Waals surface area contributed by atoms with Gasteiger partial charge in [0.2, 0.25) is 11.2 Å². The molecule has 12 aromatic rings. The molecule has 0 unspecified atom stereocenters. The van der Waals surface area contributed by atoms with Crippen LogP contribution in [0.15, 0.2) is 170 Å². The monoisotopic (exact) mass is 1490 g/mol. The number of hydrogen-bond acceptors (Lipinski definition) is 33. The van der Waals surface area contributed by atoms with Crippen molar-refractivity contribution in [2.24, 2.45) is 0 Å². The first-order valence-electron chi connectivity index (χ1n) is 31.2. The third kappa shape index (κ3) is 15.1. The van der Waals surface area contributed by atoms with Crippen LogP contribution in [0, 0.1) is 0 Å². The summed E-state index contributed by atoms with van der Waals surface area (Å²) in [5, 5.41) is 214. The summed E-state index contributed by atoms with van der Waals surface area (Å²) in [4.78, 5) is 49.7. The van der Waals surface area contributed by atoms with Gasteiger partial charge in [-0.3, -0.25) is 9.59 Å². The summed E-state index contributed by atoms with van der Waals surface area (Å²) in [5.41, 5.74) is -0.475. The maximum Gasteiger partial charge on any atom is 0.338 e.